The number of carbonyl (C=O) groups excluding carboxylic acids is 2. The average Bonchev–Trinajstić information content (AvgIpc) is 2.56. The van der Waals surface area contributed by atoms with Crippen molar-refractivity contribution in [3.63, 3.8) is 0 Å². The van der Waals surface area contributed by atoms with Gasteiger partial charge in [0.15, 0.2) is 11.6 Å². The molecule has 0 N–H and O–H groups in total. The van der Waals surface area contributed by atoms with Crippen molar-refractivity contribution < 1.29 is 36.6 Å². The fourth-order valence-corrected chi connectivity index (χ4v) is 1.74. The predicted octanol–water partition coefficient (Wildman–Crippen LogP) is 1.95. The van der Waals surface area contributed by atoms with Gasteiger partial charge in [-0.1, -0.05) is 72.2 Å². The Labute approximate surface area is 157 Å². The molecule has 2 aromatic carbocycles. The summed E-state index contributed by atoms with van der Waals surface area (Å²) in [5.41, 5.74) is 1.10. The summed E-state index contributed by atoms with van der Waals surface area (Å²) in [7, 11) is 0. The van der Waals surface area contributed by atoms with Gasteiger partial charge in [-0.15, -0.1) is 0 Å². The number of rotatable bonds is 4. The number of carbonyl (C=O) groups is 2. The van der Waals surface area contributed by atoms with E-state index in [1.54, 1.807) is 48.5 Å². The van der Waals surface area contributed by atoms with Crippen LogP contribution < -0.4 is 10.2 Å². The van der Waals surface area contributed by atoms with Crippen LogP contribution in [0.4, 0.5) is 0 Å². The Bertz CT molecular complexity index is 669. The number of allylic oxidation sites excluding steroid dienone is 2. The van der Waals surface area contributed by atoms with Crippen LogP contribution in [0.15, 0.2) is 72.8 Å². The van der Waals surface area contributed by atoms with Crippen molar-refractivity contribution in [2.75, 3.05) is 0 Å². The van der Waals surface area contributed by atoms with E-state index >= 15 is 0 Å². The van der Waals surface area contributed by atoms with Crippen LogP contribution in [0.3, 0.4) is 0 Å². The van der Waals surface area contributed by atoms with Crippen LogP contribution in [-0.4, -0.2) is 11.6 Å². The molecule has 0 aromatic heterocycles. The van der Waals surface area contributed by atoms with Crippen LogP contribution in [0.2, 0.25) is 0 Å². The molecule has 2 rings (SSSR count). The molecule has 0 spiro atoms. The predicted molar refractivity (Wildman–Crippen MR) is 90.2 cm³/mol. The monoisotopic (exact) mass is 381 g/mol. The summed E-state index contributed by atoms with van der Waals surface area (Å²) in [6.07, 6.45) is 2.19. The van der Waals surface area contributed by atoms with Crippen molar-refractivity contribution >= 4 is 23.1 Å². The minimum Gasteiger partial charge on any atom is -0.872 e. The summed E-state index contributed by atoms with van der Waals surface area (Å²) < 4.78 is 0. The van der Waals surface area contributed by atoms with Crippen molar-refractivity contribution in [1.82, 2.24) is 0 Å². The van der Waals surface area contributed by atoms with Gasteiger partial charge in [0, 0.05) is 0 Å². The number of benzene rings is 2. The smallest absolute Gasteiger partial charge is 0.872 e. The van der Waals surface area contributed by atoms with Crippen molar-refractivity contribution in [1.29, 1.82) is 0 Å². The van der Waals surface area contributed by atoms with Gasteiger partial charge in [-0.05, 0) is 37.1 Å². The van der Waals surface area contributed by atoms with Crippen LogP contribution in [0.25, 0.3) is 11.5 Å². The SMILES string of the molecule is CC(=O)/C=C(\[O-])c1ccccc1.CC(=O)/C=C(\[O-])c1ccccc1.[Co+2]. The fraction of sp³-hybridized carbons (Fsp3) is 0.100. The summed E-state index contributed by atoms with van der Waals surface area (Å²) in [5, 5.41) is 22.4. The first-order valence-electron chi connectivity index (χ1n) is 7.29. The van der Waals surface area contributed by atoms with Gasteiger partial charge in [0.2, 0.25) is 0 Å². The molecule has 131 valence electrons. The molecule has 0 atom stereocenters. The molecule has 1 radical (unpaired) electrons. The molecule has 0 aliphatic heterocycles. The van der Waals surface area contributed by atoms with Crippen molar-refractivity contribution in [2.45, 2.75) is 13.8 Å². The Kier molecular flexibility index (Phi) is 10.6. The summed E-state index contributed by atoms with van der Waals surface area (Å²) >= 11 is 0. The average molecular weight is 381 g/mol. The van der Waals surface area contributed by atoms with E-state index in [-0.39, 0.29) is 39.9 Å². The third-order valence-corrected chi connectivity index (χ3v) is 2.79. The quantitative estimate of drug-likeness (QED) is 0.599. The summed E-state index contributed by atoms with van der Waals surface area (Å²) in [4.78, 5) is 21.1. The van der Waals surface area contributed by atoms with Crippen LogP contribution in [0.5, 0.6) is 0 Å². The Morgan fingerprint density at radius 1 is 0.680 bits per heavy atom. The first kappa shape index (κ1) is 22.4. The molecule has 0 bridgehead atoms. The second-order valence-corrected chi connectivity index (χ2v) is 4.97. The first-order chi connectivity index (χ1) is 11.4. The number of hydrogen-bond acceptors (Lipinski definition) is 4. The maximum absolute atomic E-state index is 11.2. The van der Waals surface area contributed by atoms with Crippen molar-refractivity contribution in [3.05, 3.63) is 83.9 Å². The molecule has 4 nitrogen and oxygen atoms in total. The third-order valence-electron chi connectivity index (χ3n) is 2.79. The van der Waals surface area contributed by atoms with Gasteiger partial charge in [0.05, 0.1) is 0 Å². The molecule has 0 saturated carbocycles. The Hall–Kier alpha value is -2.63. The first-order valence-corrected chi connectivity index (χ1v) is 7.29. The van der Waals surface area contributed by atoms with Crippen LogP contribution in [0.1, 0.15) is 25.0 Å². The van der Waals surface area contributed by atoms with E-state index in [4.69, 9.17) is 0 Å². The third kappa shape index (κ3) is 9.29. The zero-order valence-electron chi connectivity index (χ0n) is 13.9. The molecule has 5 heteroatoms. The standard InChI is InChI=1S/2C10H10O2.Co/c2*1-8(11)7-10(12)9-5-3-2-4-6-9;/h2*2-7,12H,1H3;/q;;+2/p-2/b2*10-7-;. The van der Waals surface area contributed by atoms with E-state index in [1.807, 2.05) is 12.1 Å². The van der Waals surface area contributed by atoms with Crippen molar-refractivity contribution in [3.8, 4) is 0 Å². The zero-order valence-corrected chi connectivity index (χ0v) is 14.9. The molecule has 0 aliphatic rings. The van der Waals surface area contributed by atoms with Crippen molar-refractivity contribution in [2.24, 2.45) is 0 Å². The molecule has 25 heavy (non-hydrogen) atoms. The maximum Gasteiger partial charge on any atom is 2.00 e. The Balaban J connectivity index is 0.000000443. The minimum absolute atomic E-state index is 0. The number of ketones is 2. The molecule has 0 unspecified atom stereocenters. The molecule has 0 amide bonds. The second-order valence-electron chi connectivity index (χ2n) is 4.97. The molecular formula is C20H18CoO4. The van der Waals surface area contributed by atoms with Crippen LogP contribution >= 0.6 is 0 Å². The summed E-state index contributed by atoms with van der Waals surface area (Å²) in [6.45, 7) is 2.72. The molecule has 0 heterocycles. The van der Waals surface area contributed by atoms with E-state index in [0.717, 1.165) is 12.2 Å². The van der Waals surface area contributed by atoms with Gasteiger partial charge in [-0.25, -0.2) is 0 Å². The van der Waals surface area contributed by atoms with Gasteiger partial charge in [0.25, 0.3) is 0 Å². The summed E-state index contributed by atoms with van der Waals surface area (Å²) in [6, 6.07) is 17.4. The van der Waals surface area contributed by atoms with E-state index < -0.39 is 0 Å². The van der Waals surface area contributed by atoms with Gasteiger partial charge in [-0.2, -0.15) is 0 Å². The minimum atomic E-state index is -0.233. The molecule has 2 aromatic rings. The Morgan fingerprint density at radius 3 is 1.20 bits per heavy atom. The molecular weight excluding hydrogens is 363 g/mol. The van der Waals surface area contributed by atoms with E-state index in [9.17, 15) is 19.8 Å². The fourth-order valence-electron chi connectivity index (χ4n) is 1.74. The second kappa shape index (κ2) is 11.8. The molecule has 0 saturated heterocycles. The van der Waals surface area contributed by atoms with Gasteiger partial charge in [0.1, 0.15) is 0 Å². The Morgan fingerprint density at radius 2 is 0.960 bits per heavy atom. The molecule has 0 fully saturated rings. The van der Waals surface area contributed by atoms with E-state index in [0.29, 0.717) is 11.1 Å². The zero-order chi connectivity index (χ0) is 17.9. The normalized spacial score (nSPS) is 10.8. The number of hydrogen-bond donors (Lipinski definition) is 0. The van der Waals surface area contributed by atoms with Gasteiger partial charge in [-0.3, -0.25) is 9.59 Å². The van der Waals surface area contributed by atoms with Crippen LogP contribution in [0, 0.1) is 0 Å². The van der Waals surface area contributed by atoms with E-state index in [2.05, 4.69) is 0 Å². The van der Waals surface area contributed by atoms with Crippen LogP contribution in [-0.2, 0) is 26.4 Å². The van der Waals surface area contributed by atoms with E-state index in [1.165, 1.54) is 13.8 Å². The van der Waals surface area contributed by atoms with Gasteiger partial charge < -0.3 is 10.2 Å². The van der Waals surface area contributed by atoms with Gasteiger partial charge >= 0.3 is 16.8 Å². The maximum atomic E-state index is 11.2. The summed E-state index contributed by atoms with van der Waals surface area (Å²) in [5.74, 6) is -0.904. The topological polar surface area (TPSA) is 80.3 Å². The molecule has 0 aliphatic carbocycles. The largest absolute Gasteiger partial charge is 2.00 e.